The molecule has 0 bridgehead atoms. The van der Waals surface area contributed by atoms with E-state index in [2.05, 4.69) is 10.3 Å². The molecule has 1 fully saturated rings. The summed E-state index contributed by atoms with van der Waals surface area (Å²) in [7, 11) is 0. The number of carbonyl (C=O) groups excluding carboxylic acids is 2. The molecule has 1 atom stereocenters. The van der Waals surface area contributed by atoms with Gasteiger partial charge in [0.15, 0.2) is 5.69 Å². The summed E-state index contributed by atoms with van der Waals surface area (Å²) in [6.07, 6.45) is 3.42. The quantitative estimate of drug-likeness (QED) is 0.549. The van der Waals surface area contributed by atoms with Crippen LogP contribution in [0.5, 0.6) is 0 Å². The van der Waals surface area contributed by atoms with Crippen LogP contribution in [0.15, 0.2) is 45.7 Å². The topological polar surface area (TPSA) is 102 Å². The summed E-state index contributed by atoms with van der Waals surface area (Å²) in [4.78, 5) is 41.3. The number of para-hydroxylation sites is 1. The Morgan fingerprint density at radius 2 is 2.00 bits per heavy atom. The van der Waals surface area contributed by atoms with Crippen LogP contribution in [0, 0.1) is 5.92 Å². The predicted octanol–water partition coefficient (Wildman–Crippen LogP) is 2.42. The second-order valence-corrected chi connectivity index (χ2v) is 8.05. The lowest BCUT2D eigenvalue weighted by atomic mass is 9.97. The molecule has 0 saturated carbocycles. The van der Waals surface area contributed by atoms with E-state index in [1.807, 2.05) is 26.0 Å². The number of likely N-dealkylation sites (tertiary alicyclic amines) is 1. The zero-order valence-electron chi connectivity index (χ0n) is 18.4. The molecule has 9 heteroatoms. The number of piperidine rings is 1. The standard InChI is InChI=1S/C23H27N5O4/c1-3-26(4-2)22(30)19-15-28(25-24-19)14-16-8-7-11-27(13-16)21(29)18-12-17-9-5-6-10-20(17)32-23(18)31/h5-6,9-10,12,15-16H,3-4,7-8,11,13-14H2,1-2H3/t16-/m0/s1. The van der Waals surface area contributed by atoms with Crippen molar-refractivity contribution >= 4 is 22.8 Å². The number of nitrogens with zero attached hydrogens (tertiary/aromatic N) is 5. The molecule has 1 saturated heterocycles. The van der Waals surface area contributed by atoms with E-state index in [4.69, 9.17) is 4.42 Å². The van der Waals surface area contributed by atoms with Gasteiger partial charge in [0.05, 0.1) is 6.20 Å². The summed E-state index contributed by atoms with van der Waals surface area (Å²) >= 11 is 0. The zero-order chi connectivity index (χ0) is 22.7. The molecule has 1 aromatic carbocycles. The van der Waals surface area contributed by atoms with Crippen molar-refractivity contribution in [2.24, 2.45) is 5.92 Å². The van der Waals surface area contributed by atoms with Gasteiger partial charge < -0.3 is 14.2 Å². The Kier molecular flexibility index (Phi) is 6.34. The van der Waals surface area contributed by atoms with Crippen LogP contribution in [0.4, 0.5) is 0 Å². The Balaban J connectivity index is 1.45. The average Bonchev–Trinajstić information content (AvgIpc) is 3.27. The smallest absolute Gasteiger partial charge is 0.349 e. The molecule has 1 aliphatic heterocycles. The fraction of sp³-hybridized carbons (Fsp3) is 0.435. The first-order chi connectivity index (χ1) is 15.5. The Labute approximate surface area is 185 Å². The molecular formula is C23H27N5O4. The first-order valence-corrected chi connectivity index (χ1v) is 11.0. The molecule has 2 amide bonds. The van der Waals surface area contributed by atoms with Gasteiger partial charge in [-0.15, -0.1) is 5.10 Å². The van der Waals surface area contributed by atoms with Crippen molar-refractivity contribution in [2.75, 3.05) is 26.2 Å². The van der Waals surface area contributed by atoms with Gasteiger partial charge >= 0.3 is 5.63 Å². The van der Waals surface area contributed by atoms with Gasteiger partial charge in [-0.2, -0.15) is 0 Å². The molecular weight excluding hydrogens is 410 g/mol. The molecule has 0 N–H and O–H groups in total. The summed E-state index contributed by atoms with van der Waals surface area (Å²) in [5.41, 5.74) is 0.224. The summed E-state index contributed by atoms with van der Waals surface area (Å²) in [6, 6.07) is 8.75. The Hall–Kier alpha value is -3.49. The fourth-order valence-corrected chi connectivity index (χ4v) is 4.20. The predicted molar refractivity (Wildman–Crippen MR) is 118 cm³/mol. The number of hydrogen-bond donors (Lipinski definition) is 0. The third kappa shape index (κ3) is 4.42. The van der Waals surface area contributed by atoms with Crippen LogP contribution >= 0.6 is 0 Å². The molecule has 2 aromatic heterocycles. The minimum absolute atomic E-state index is 0.0530. The second-order valence-electron chi connectivity index (χ2n) is 8.05. The zero-order valence-corrected chi connectivity index (χ0v) is 18.4. The van der Waals surface area contributed by atoms with Crippen LogP contribution in [0.25, 0.3) is 11.0 Å². The van der Waals surface area contributed by atoms with Gasteiger partial charge in [0.2, 0.25) is 0 Å². The molecule has 0 aliphatic carbocycles. The molecule has 0 unspecified atom stereocenters. The largest absolute Gasteiger partial charge is 0.422 e. The highest BCUT2D eigenvalue weighted by atomic mass is 16.4. The van der Waals surface area contributed by atoms with Crippen molar-refractivity contribution in [2.45, 2.75) is 33.2 Å². The first-order valence-electron chi connectivity index (χ1n) is 11.0. The van der Waals surface area contributed by atoms with Gasteiger partial charge in [-0.05, 0) is 44.7 Å². The van der Waals surface area contributed by atoms with Gasteiger partial charge in [-0.1, -0.05) is 23.4 Å². The number of amides is 2. The average molecular weight is 438 g/mol. The number of hydrogen-bond acceptors (Lipinski definition) is 6. The van der Waals surface area contributed by atoms with E-state index in [9.17, 15) is 14.4 Å². The maximum atomic E-state index is 13.1. The molecule has 9 nitrogen and oxygen atoms in total. The third-order valence-electron chi connectivity index (χ3n) is 5.93. The highest BCUT2D eigenvalue weighted by molar-refractivity contribution is 5.96. The fourth-order valence-electron chi connectivity index (χ4n) is 4.20. The van der Waals surface area contributed by atoms with Crippen LogP contribution in [0.1, 0.15) is 47.5 Å². The van der Waals surface area contributed by atoms with Crippen molar-refractivity contribution in [3.05, 3.63) is 58.2 Å². The number of fused-ring (bicyclic) bond motifs is 1. The van der Waals surface area contributed by atoms with E-state index >= 15 is 0 Å². The lowest BCUT2D eigenvalue weighted by Crippen LogP contribution is -2.42. The maximum absolute atomic E-state index is 13.1. The highest BCUT2D eigenvalue weighted by Gasteiger charge is 2.27. The Bertz CT molecular complexity index is 1180. The monoisotopic (exact) mass is 437 g/mol. The normalized spacial score (nSPS) is 16.3. The second kappa shape index (κ2) is 9.33. The van der Waals surface area contributed by atoms with E-state index in [1.54, 1.807) is 38.9 Å². The molecule has 4 rings (SSSR count). The van der Waals surface area contributed by atoms with E-state index in [0.29, 0.717) is 44.0 Å². The maximum Gasteiger partial charge on any atom is 0.349 e. The van der Waals surface area contributed by atoms with Crippen LogP contribution in [0.2, 0.25) is 0 Å². The molecule has 0 spiro atoms. The minimum Gasteiger partial charge on any atom is -0.422 e. The molecule has 168 valence electrons. The van der Waals surface area contributed by atoms with Crippen molar-refractivity contribution in [1.29, 1.82) is 0 Å². The van der Waals surface area contributed by atoms with Crippen molar-refractivity contribution in [3.8, 4) is 0 Å². The minimum atomic E-state index is -0.619. The number of rotatable bonds is 6. The van der Waals surface area contributed by atoms with Crippen LogP contribution < -0.4 is 5.63 Å². The lowest BCUT2D eigenvalue weighted by Gasteiger charge is -2.32. The third-order valence-corrected chi connectivity index (χ3v) is 5.93. The van der Waals surface area contributed by atoms with Crippen LogP contribution in [-0.2, 0) is 6.54 Å². The van der Waals surface area contributed by atoms with Crippen molar-refractivity contribution < 1.29 is 14.0 Å². The molecule has 32 heavy (non-hydrogen) atoms. The van der Waals surface area contributed by atoms with Gasteiger partial charge in [-0.3, -0.25) is 14.3 Å². The van der Waals surface area contributed by atoms with Gasteiger partial charge in [-0.25, -0.2) is 4.79 Å². The molecule has 0 radical (unpaired) electrons. The van der Waals surface area contributed by atoms with Crippen LogP contribution in [-0.4, -0.2) is 62.8 Å². The highest BCUT2D eigenvalue weighted by Crippen LogP contribution is 2.21. The SMILES string of the molecule is CCN(CC)C(=O)c1cn(C[C@H]2CCCN(C(=O)c3cc4ccccc4oc3=O)C2)nn1. The summed E-state index contributed by atoms with van der Waals surface area (Å²) in [5.74, 6) is -0.298. The van der Waals surface area contributed by atoms with Gasteiger partial charge in [0, 0.05) is 38.1 Å². The van der Waals surface area contributed by atoms with Gasteiger partial charge in [0.25, 0.3) is 11.8 Å². The summed E-state index contributed by atoms with van der Waals surface area (Å²) < 4.78 is 7.00. The molecule has 3 aromatic rings. The summed E-state index contributed by atoms with van der Waals surface area (Å²) in [5, 5.41) is 8.86. The van der Waals surface area contributed by atoms with Crippen molar-refractivity contribution in [3.63, 3.8) is 0 Å². The molecule has 1 aliphatic rings. The van der Waals surface area contributed by atoms with Crippen LogP contribution in [0.3, 0.4) is 0 Å². The lowest BCUT2D eigenvalue weighted by molar-refractivity contribution is 0.0655. The summed E-state index contributed by atoms with van der Waals surface area (Å²) in [6.45, 7) is 6.73. The van der Waals surface area contributed by atoms with Crippen molar-refractivity contribution in [1.82, 2.24) is 24.8 Å². The van der Waals surface area contributed by atoms with E-state index in [1.165, 1.54) is 0 Å². The number of aromatic nitrogens is 3. The van der Waals surface area contributed by atoms with E-state index in [0.717, 1.165) is 18.2 Å². The van der Waals surface area contributed by atoms with E-state index < -0.39 is 5.63 Å². The first kappa shape index (κ1) is 21.7. The number of benzene rings is 1. The van der Waals surface area contributed by atoms with Gasteiger partial charge in [0.1, 0.15) is 11.1 Å². The Morgan fingerprint density at radius 1 is 1.22 bits per heavy atom. The Morgan fingerprint density at radius 3 is 2.78 bits per heavy atom. The van der Waals surface area contributed by atoms with E-state index in [-0.39, 0.29) is 23.3 Å². The number of carbonyl (C=O) groups is 2. The molecule has 3 heterocycles.